The Morgan fingerprint density at radius 2 is 1.80 bits per heavy atom. The zero-order chi connectivity index (χ0) is 15.1. The van der Waals surface area contributed by atoms with Crippen molar-refractivity contribution in [2.45, 2.75) is 45.7 Å². The number of aromatic hydroxyl groups is 2. The number of hydrogen-bond acceptors (Lipinski definition) is 4. The standard InChI is InChI=1S/C15H24N2O3/c1-4-10(2)17-15(20)5-6-16-11(3)12-7-13(18)9-14(19)8-12/h7-11,16,18-19H,4-6H2,1-3H3,(H,17,20). The number of carbonyl (C=O) groups is 1. The molecule has 1 aromatic rings. The van der Waals surface area contributed by atoms with Gasteiger partial charge >= 0.3 is 0 Å². The molecule has 1 aromatic carbocycles. The largest absolute Gasteiger partial charge is 0.508 e. The van der Waals surface area contributed by atoms with E-state index in [2.05, 4.69) is 10.6 Å². The van der Waals surface area contributed by atoms with Crippen molar-refractivity contribution in [1.82, 2.24) is 10.6 Å². The lowest BCUT2D eigenvalue weighted by Gasteiger charge is -2.16. The fourth-order valence-electron chi connectivity index (χ4n) is 1.84. The molecule has 5 heteroatoms. The number of carbonyl (C=O) groups excluding carboxylic acids is 1. The van der Waals surface area contributed by atoms with Crippen LogP contribution in [0.1, 0.15) is 45.2 Å². The van der Waals surface area contributed by atoms with E-state index in [4.69, 9.17) is 0 Å². The summed E-state index contributed by atoms with van der Waals surface area (Å²) in [6, 6.07) is 4.62. The number of phenols is 2. The predicted octanol–water partition coefficient (Wildman–Crippen LogP) is 2.05. The van der Waals surface area contributed by atoms with Gasteiger partial charge < -0.3 is 20.8 Å². The van der Waals surface area contributed by atoms with E-state index in [-0.39, 0.29) is 29.5 Å². The molecule has 4 N–H and O–H groups in total. The summed E-state index contributed by atoms with van der Waals surface area (Å²) >= 11 is 0. The molecule has 0 radical (unpaired) electrons. The van der Waals surface area contributed by atoms with E-state index >= 15 is 0 Å². The van der Waals surface area contributed by atoms with E-state index in [1.165, 1.54) is 6.07 Å². The molecule has 0 aliphatic rings. The number of benzene rings is 1. The molecule has 2 unspecified atom stereocenters. The van der Waals surface area contributed by atoms with Crippen LogP contribution in [0.2, 0.25) is 0 Å². The van der Waals surface area contributed by atoms with Gasteiger partial charge in [-0.15, -0.1) is 0 Å². The Hall–Kier alpha value is -1.75. The molecular formula is C15H24N2O3. The zero-order valence-corrected chi connectivity index (χ0v) is 12.3. The molecule has 1 rings (SSSR count). The molecule has 0 heterocycles. The van der Waals surface area contributed by atoms with Gasteiger partial charge in [0.2, 0.25) is 5.91 Å². The maximum absolute atomic E-state index is 11.6. The summed E-state index contributed by atoms with van der Waals surface area (Å²) in [7, 11) is 0. The maximum Gasteiger partial charge on any atom is 0.221 e. The van der Waals surface area contributed by atoms with Gasteiger partial charge in [0.25, 0.3) is 0 Å². The molecule has 0 saturated carbocycles. The first-order valence-corrected chi connectivity index (χ1v) is 6.98. The highest BCUT2D eigenvalue weighted by molar-refractivity contribution is 5.76. The molecule has 0 fully saturated rings. The van der Waals surface area contributed by atoms with Gasteiger partial charge in [-0.3, -0.25) is 4.79 Å². The zero-order valence-electron chi connectivity index (χ0n) is 12.3. The highest BCUT2D eigenvalue weighted by atomic mass is 16.3. The molecule has 112 valence electrons. The van der Waals surface area contributed by atoms with Crippen LogP contribution in [0.15, 0.2) is 18.2 Å². The number of hydrogen-bond donors (Lipinski definition) is 4. The number of amides is 1. The molecule has 2 atom stereocenters. The Morgan fingerprint density at radius 1 is 1.20 bits per heavy atom. The second-order valence-electron chi connectivity index (χ2n) is 5.09. The predicted molar refractivity (Wildman–Crippen MR) is 78.7 cm³/mol. The second kappa shape index (κ2) is 7.75. The lowest BCUT2D eigenvalue weighted by molar-refractivity contribution is -0.121. The molecule has 0 saturated heterocycles. The normalized spacial score (nSPS) is 13.8. The summed E-state index contributed by atoms with van der Waals surface area (Å²) in [6.07, 6.45) is 1.32. The van der Waals surface area contributed by atoms with Crippen LogP contribution in [0.5, 0.6) is 11.5 Å². The van der Waals surface area contributed by atoms with E-state index in [1.807, 2.05) is 20.8 Å². The third kappa shape index (κ3) is 5.48. The van der Waals surface area contributed by atoms with Gasteiger partial charge in [0, 0.05) is 31.1 Å². The van der Waals surface area contributed by atoms with E-state index in [1.54, 1.807) is 12.1 Å². The molecule has 0 spiro atoms. The van der Waals surface area contributed by atoms with Crippen LogP contribution in [-0.2, 0) is 4.79 Å². The lowest BCUT2D eigenvalue weighted by Crippen LogP contribution is -2.34. The van der Waals surface area contributed by atoms with Gasteiger partial charge in [-0.05, 0) is 38.0 Å². The summed E-state index contributed by atoms with van der Waals surface area (Å²) in [5, 5.41) is 25.0. The lowest BCUT2D eigenvalue weighted by atomic mass is 10.1. The van der Waals surface area contributed by atoms with Crippen LogP contribution < -0.4 is 10.6 Å². The first kappa shape index (κ1) is 16.3. The molecule has 1 amide bonds. The summed E-state index contributed by atoms with van der Waals surface area (Å²) in [6.45, 7) is 6.46. The van der Waals surface area contributed by atoms with E-state index in [0.717, 1.165) is 12.0 Å². The van der Waals surface area contributed by atoms with Crippen LogP contribution in [0.3, 0.4) is 0 Å². The molecule has 20 heavy (non-hydrogen) atoms. The molecule has 0 aliphatic carbocycles. The number of rotatable bonds is 7. The van der Waals surface area contributed by atoms with Crippen LogP contribution in [0, 0.1) is 0 Å². The number of nitrogens with one attached hydrogen (secondary N) is 2. The fourth-order valence-corrected chi connectivity index (χ4v) is 1.84. The van der Waals surface area contributed by atoms with Crippen LogP contribution in [-0.4, -0.2) is 28.7 Å². The summed E-state index contributed by atoms with van der Waals surface area (Å²) in [5.41, 5.74) is 0.782. The molecular weight excluding hydrogens is 256 g/mol. The SMILES string of the molecule is CCC(C)NC(=O)CCNC(C)c1cc(O)cc(O)c1. The van der Waals surface area contributed by atoms with Crippen molar-refractivity contribution in [3.63, 3.8) is 0 Å². The highest BCUT2D eigenvalue weighted by Gasteiger charge is 2.09. The average molecular weight is 280 g/mol. The molecule has 0 aromatic heterocycles. The highest BCUT2D eigenvalue weighted by Crippen LogP contribution is 2.24. The van der Waals surface area contributed by atoms with Gasteiger partial charge in [-0.1, -0.05) is 6.92 Å². The van der Waals surface area contributed by atoms with Crippen molar-refractivity contribution in [2.75, 3.05) is 6.54 Å². The maximum atomic E-state index is 11.6. The Morgan fingerprint density at radius 3 is 2.35 bits per heavy atom. The van der Waals surface area contributed by atoms with E-state index in [0.29, 0.717) is 13.0 Å². The minimum atomic E-state index is -0.0515. The first-order valence-electron chi connectivity index (χ1n) is 6.98. The molecule has 5 nitrogen and oxygen atoms in total. The quantitative estimate of drug-likeness (QED) is 0.616. The topological polar surface area (TPSA) is 81.6 Å². The first-order chi connectivity index (χ1) is 9.42. The van der Waals surface area contributed by atoms with Crippen LogP contribution >= 0.6 is 0 Å². The summed E-state index contributed by atoms with van der Waals surface area (Å²) in [4.78, 5) is 11.6. The van der Waals surface area contributed by atoms with E-state index in [9.17, 15) is 15.0 Å². The Kier molecular flexibility index (Phi) is 6.31. The minimum absolute atomic E-state index is 0.0257. The summed E-state index contributed by atoms with van der Waals surface area (Å²) in [5.74, 6) is 0.0872. The third-order valence-corrected chi connectivity index (χ3v) is 3.25. The van der Waals surface area contributed by atoms with Crippen molar-refractivity contribution in [3.8, 4) is 11.5 Å². The van der Waals surface area contributed by atoms with Gasteiger partial charge in [0.1, 0.15) is 11.5 Å². The van der Waals surface area contributed by atoms with Gasteiger partial charge in [-0.2, -0.15) is 0 Å². The second-order valence-corrected chi connectivity index (χ2v) is 5.09. The van der Waals surface area contributed by atoms with Crippen molar-refractivity contribution >= 4 is 5.91 Å². The average Bonchev–Trinajstić information content (AvgIpc) is 2.37. The summed E-state index contributed by atoms with van der Waals surface area (Å²) < 4.78 is 0. The van der Waals surface area contributed by atoms with Crippen molar-refractivity contribution in [1.29, 1.82) is 0 Å². The number of phenolic OH excluding ortho intramolecular Hbond substituents is 2. The van der Waals surface area contributed by atoms with E-state index < -0.39 is 0 Å². The van der Waals surface area contributed by atoms with Crippen molar-refractivity contribution < 1.29 is 15.0 Å². The third-order valence-electron chi connectivity index (χ3n) is 3.25. The van der Waals surface area contributed by atoms with Crippen molar-refractivity contribution in [2.24, 2.45) is 0 Å². The van der Waals surface area contributed by atoms with Gasteiger partial charge in [-0.25, -0.2) is 0 Å². The van der Waals surface area contributed by atoms with Gasteiger partial charge in [0.15, 0.2) is 0 Å². The monoisotopic (exact) mass is 280 g/mol. The minimum Gasteiger partial charge on any atom is -0.508 e. The fraction of sp³-hybridized carbons (Fsp3) is 0.533. The van der Waals surface area contributed by atoms with Gasteiger partial charge in [0.05, 0.1) is 0 Å². The Balaban J connectivity index is 2.39. The van der Waals surface area contributed by atoms with Crippen LogP contribution in [0.25, 0.3) is 0 Å². The van der Waals surface area contributed by atoms with Crippen LogP contribution in [0.4, 0.5) is 0 Å². The Labute approximate surface area is 120 Å². The smallest absolute Gasteiger partial charge is 0.221 e. The van der Waals surface area contributed by atoms with Crippen molar-refractivity contribution in [3.05, 3.63) is 23.8 Å². The molecule has 0 aliphatic heterocycles. The molecule has 0 bridgehead atoms. The Bertz CT molecular complexity index is 428.